The van der Waals surface area contributed by atoms with E-state index in [9.17, 15) is 4.39 Å². The molecule has 0 aromatic carbocycles. The van der Waals surface area contributed by atoms with E-state index < -0.39 is 0 Å². The Labute approximate surface area is 108 Å². The number of aromatic nitrogens is 2. The Hall–Kier alpha value is -1.23. The van der Waals surface area contributed by atoms with Crippen molar-refractivity contribution in [2.45, 2.75) is 39.2 Å². The van der Waals surface area contributed by atoms with Gasteiger partial charge in [0.2, 0.25) is 0 Å². The van der Waals surface area contributed by atoms with Crippen LogP contribution in [0.15, 0.2) is 6.33 Å². The number of hydrogen-bond donors (Lipinski definition) is 1. The summed E-state index contributed by atoms with van der Waals surface area (Å²) >= 11 is 0. The molecule has 1 aliphatic rings. The first kappa shape index (κ1) is 13.2. The van der Waals surface area contributed by atoms with Gasteiger partial charge in [0.05, 0.1) is 5.69 Å². The Morgan fingerprint density at radius 2 is 2.17 bits per heavy atom. The van der Waals surface area contributed by atoms with Gasteiger partial charge >= 0.3 is 0 Å². The van der Waals surface area contributed by atoms with Gasteiger partial charge in [-0.15, -0.1) is 0 Å². The lowest BCUT2D eigenvalue weighted by molar-refractivity contribution is 0.288. The van der Waals surface area contributed by atoms with Crippen LogP contribution in [-0.4, -0.2) is 40.5 Å². The zero-order chi connectivity index (χ0) is 13.0. The van der Waals surface area contributed by atoms with E-state index in [0.29, 0.717) is 17.9 Å². The first-order valence-corrected chi connectivity index (χ1v) is 6.73. The molecule has 0 amide bonds. The van der Waals surface area contributed by atoms with Gasteiger partial charge in [-0.1, -0.05) is 13.8 Å². The molecule has 4 nitrogen and oxygen atoms in total. The predicted molar refractivity (Wildman–Crippen MR) is 70.1 cm³/mol. The highest BCUT2D eigenvalue weighted by Crippen LogP contribution is 2.26. The Bertz CT molecular complexity index is 393. The Morgan fingerprint density at radius 1 is 1.39 bits per heavy atom. The number of anilines is 1. The quantitative estimate of drug-likeness (QED) is 0.806. The highest BCUT2D eigenvalue weighted by Gasteiger charge is 2.27. The fraction of sp³-hybridized carbons (Fsp3) is 0.692. The molecule has 0 radical (unpaired) electrons. The molecule has 2 rings (SSSR count). The van der Waals surface area contributed by atoms with Crippen LogP contribution in [0.25, 0.3) is 0 Å². The number of nitrogens with zero attached hydrogens (tertiary/aromatic N) is 3. The summed E-state index contributed by atoms with van der Waals surface area (Å²) in [6.45, 7) is 6.77. The fourth-order valence-electron chi connectivity index (χ4n) is 2.13. The minimum absolute atomic E-state index is 0.311. The smallest absolute Gasteiger partial charge is 0.186 e. The third-order valence-electron chi connectivity index (χ3n) is 3.36. The minimum Gasteiger partial charge on any atom is -0.366 e. The maximum atomic E-state index is 13.8. The molecule has 1 aliphatic carbocycles. The van der Waals surface area contributed by atoms with E-state index in [1.54, 1.807) is 0 Å². The van der Waals surface area contributed by atoms with E-state index in [1.807, 2.05) is 6.92 Å². The molecule has 0 bridgehead atoms. The van der Waals surface area contributed by atoms with Crippen molar-refractivity contribution in [2.75, 3.05) is 25.0 Å². The molecule has 1 aromatic heterocycles. The van der Waals surface area contributed by atoms with Crippen LogP contribution in [0.2, 0.25) is 0 Å². The van der Waals surface area contributed by atoms with Crippen LogP contribution in [0, 0.1) is 5.82 Å². The second-order valence-corrected chi connectivity index (χ2v) is 4.62. The van der Waals surface area contributed by atoms with Crippen molar-refractivity contribution in [1.82, 2.24) is 14.9 Å². The Balaban J connectivity index is 1.85. The van der Waals surface area contributed by atoms with Crippen LogP contribution in [-0.2, 0) is 6.42 Å². The van der Waals surface area contributed by atoms with Crippen LogP contribution in [0.3, 0.4) is 0 Å². The number of nitrogens with one attached hydrogen (secondary N) is 1. The number of likely N-dealkylation sites (N-methyl/N-ethyl adjacent to an activating group) is 1. The maximum Gasteiger partial charge on any atom is 0.186 e. The minimum atomic E-state index is -0.311. The molecule has 100 valence electrons. The number of halogens is 1. The van der Waals surface area contributed by atoms with E-state index in [0.717, 1.165) is 25.7 Å². The molecular formula is C13H21FN4. The van der Waals surface area contributed by atoms with Gasteiger partial charge in [0.25, 0.3) is 0 Å². The van der Waals surface area contributed by atoms with Crippen LogP contribution >= 0.6 is 0 Å². The van der Waals surface area contributed by atoms with Crippen molar-refractivity contribution in [3.63, 3.8) is 0 Å². The van der Waals surface area contributed by atoms with Crippen molar-refractivity contribution in [3.05, 3.63) is 17.8 Å². The van der Waals surface area contributed by atoms with Crippen molar-refractivity contribution in [2.24, 2.45) is 0 Å². The number of hydrogen-bond acceptors (Lipinski definition) is 4. The molecule has 1 N–H and O–H groups in total. The summed E-state index contributed by atoms with van der Waals surface area (Å²) in [5.41, 5.74) is 0.474. The first-order valence-electron chi connectivity index (χ1n) is 6.73. The number of rotatable bonds is 7. The van der Waals surface area contributed by atoms with Crippen LogP contribution in [0.4, 0.5) is 10.2 Å². The third kappa shape index (κ3) is 3.16. The van der Waals surface area contributed by atoms with Crippen LogP contribution in [0.5, 0.6) is 0 Å². The largest absolute Gasteiger partial charge is 0.366 e. The van der Waals surface area contributed by atoms with Gasteiger partial charge in [0, 0.05) is 19.1 Å². The van der Waals surface area contributed by atoms with Gasteiger partial charge < -0.3 is 5.32 Å². The molecule has 1 fully saturated rings. The average Bonchev–Trinajstić information content (AvgIpc) is 3.21. The van der Waals surface area contributed by atoms with Gasteiger partial charge in [-0.3, -0.25) is 4.90 Å². The van der Waals surface area contributed by atoms with E-state index in [-0.39, 0.29) is 5.82 Å². The molecule has 0 spiro atoms. The highest BCUT2D eigenvalue weighted by molar-refractivity contribution is 5.37. The molecular weight excluding hydrogens is 231 g/mol. The zero-order valence-corrected chi connectivity index (χ0v) is 11.1. The Morgan fingerprint density at radius 3 is 2.78 bits per heavy atom. The van der Waals surface area contributed by atoms with Crippen molar-refractivity contribution in [1.29, 1.82) is 0 Å². The number of aryl methyl sites for hydroxylation is 1. The molecule has 18 heavy (non-hydrogen) atoms. The van der Waals surface area contributed by atoms with Crippen LogP contribution < -0.4 is 5.32 Å². The fourth-order valence-corrected chi connectivity index (χ4v) is 2.13. The standard InChI is InChI=1S/C13H21FN4/c1-3-11-12(14)13(17-9-16-11)15-7-8-18(4-2)10-5-6-10/h9-10H,3-8H2,1-2H3,(H,15,16,17). The zero-order valence-electron chi connectivity index (χ0n) is 11.1. The van der Waals surface area contributed by atoms with E-state index >= 15 is 0 Å². The monoisotopic (exact) mass is 252 g/mol. The molecule has 0 atom stereocenters. The first-order chi connectivity index (χ1) is 8.76. The maximum absolute atomic E-state index is 13.8. The second-order valence-electron chi connectivity index (χ2n) is 4.62. The lowest BCUT2D eigenvalue weighted by Gasteiger charge is -2.20. The summed E-state index contributed by atoms with van der Waals surface area (Å²) in [5, 5.41) is 3.07. The van der Waals surface area contributed by atoms with Crippen LogP contribution in [0.1, 0.15) is 32.4 Å². The lowest BCUT2D eigenvalue weighted by atomic mass is 10.3. The van der Waals surface area contributed by atoms with Gasteiger partial charge in [-0.25, -0.2) is 14.4 Å². The van der Waals surface area contributed by atoms with Gasteiger partial charge in [-0.05, 0) is 25.8 Å². The molecule has 1 heterocycles. The normalized spacial score (nSPS) is 15.1. The Kier molecular flexibility index (Phi) is 4.47. The van der Waals surface area contributed by atoms with E-state index in [4.69, 9.17) is 0 Å². The molecule has 0 saturated heterocycles. The summed E-state index contributed by atoms with van der Waals surface area (Å²) in [6.07, 6.45) is 4.61. The molecule has 1 saturated carbocycles. The third-order valence-corrected chi connectivity index (χ3v) is 3.36. The average molecular weight is 252 g/mol. The van der Waals surface area contributed by atoms with Crippen molar-refractivity contribution < 1.29 is 4.39 Å². The topological polar surface area (TPSA) is 41.1 Å². The summed E-state index contributed by atoms with van der Waals surface area (Å²) in [5.74, 6) is 0.0168. The van der Waals surface area contributed by atoms with Crippen molar-refractivity contribution >= 4 is 5.82 Å². The lowest BCUT2D eigenvalue weighted by Crippen LogP contribution is -2.31. The molecule has 5 heteroatoms. The van der Waals surface area contributed by atoms with Gasteiger partial charge in [-0.2, -0.15) is 0 Å². The summed E-state index contributed by atoms with van der Waals surface area (Å²) in [4.78, 5) is 10.3. The van der Waals surface area contributed by atoms with E-state index in [1.165, 1.54) is 19.2 Å². The molecule has 1 aromatic rings. The van der Waals surface area contributed by atoms with E-state index in [2.05, 4.69) is 27.1 Å². The summed E-state index contributed by atoms with van der Waals surface area (Å²) in [7, 11) is 0. The second kappa shape index (κ2) is 6.09. The van der Waals surface area contributed by atoms with Gasteiger partial charge in [0.1, 0.15) is 6.33 Å². The summed E-state index contributed by atoms with van der Waals surface area (Å²) in [6, 6.07) is 0.748. The SMILES string of the molecule is CCc1ncnc(NCCN(CC)C2CC2)c1F. The predicted octanol–water partition coefficient (Wildman–Crippen LogP) is 2.07. The highest BCUT2D eigenvalue weighted by atomic mass is 19.1. The van der Waals surface area contributed by atoms with Crippen molar-refractivity contribution in [3.8, 4) is 0 Å². The molecule has 0 unspecified atom stereocenters. The molecule has 0 aliphatic heterocycles. The summed E-state index contributed by atoms with van der Waals surface area (Å²) < 4.78 is 13.8. The van der Waals surface area contributed by atoms with Gasteiger partial charge in [0.15, 0.2) is 11.6 Å².